The molecule has 6 nitrogen and oxygen atoms in total. The molecular weight excluding hydrogens is 258 g/mol. The van der Waals surface area contributed by atoms with Crippen molar-refractivity contribution in [2.75, 3.05) is 13.7 Å². The zero-order chi connectivity index (χ0) is 14.4. The molecule has 0 spiro atoms. The van der Waals surface area contributed by atoms with E-state index in [-0.39, 0.29) is 18.4 Å². The smallest absolute Gasteiger partial charge is 0.168 e. The lowest BCUT2D eigenvalue weighted by atomic mass is 10.1. The topological polar surface area (TPSA) is 84.3 Å². The molecule has 1 aromatic carbocycles. The molecule has 0 aliphatic heterocycles. The summed E-state index contributed by atoms with van der Waals surface area (Å²) in [7, 11) is 1.57. The highest BCUT2D eigenvalue weighted by atomic mass is 16.5. The molecule has 6 heteroatoms. The number of carbonyl (C=O) groups excluding carboxylic acids is 1. The maximum absolute atomic E-state index is 11.8. The van der Waals surface area contributed by atoms with Gasteiger partial charge in [0.15, 0.2) is 17.3 Å². The van der Waals surface area contributed by atoms with Gasteiger partial charge in [0.2, 0.25) is 0 Å². The molecule has 20 heavy (non-hydrogen) atoms. The molecule has 0 saturated heterocycles. The van der Waals surface area contributed by atoms with E-state index in [0.29, 0.717) is 17.1 Å². The Morgan fingerprint density at radius 3 is 2.80 bits per heavy atom. The van der Waals surface area contributed by atoms with Crippen LogP contribution in [0.5, 0.6) is 11.5 Å². The molecule has 0 radical (unpaired) electrons. The molecule has 0 amide bonds. The molecule has 1 aromatic rings. The fourth-order valence-electron chi connectivity index (χ4n) is 2.32. The number of methoxy groups -OCH3 is 1. The van der Waals surface area contributed by atoms with E-state index in [1.165, 1.54) is 12.8 Å². The van der Waals surface area contributed by atoms with Crippen molar-refractivity contribution < 1.29 is 14.3 Å². The highest BCUT2D eigenvalue weighted by Crippen LogP contribution is 2.32. The summed E-state index contributed by atoms with van der Waals surface area (Å²) in [6.07, 6.45) is 4.58. The first-order valence-corrected chi connectivity index (χ1v) is 6.63. The first-order chi connectivity index (χ1) is 9.74. The van der Waals surface area contributed by atoms with E-state index in [0.717, 1.165) is 12.8 Å². The summed E-state index contributed by atoms with van der Waals surface area (Å²) in [4.78, 5) is 14.4. The summed E-state index contributed by atoms with van der Waals surface area (Å²) in [6.45, 7) is -0.189. The van der Waals surface area contributed by atoms with Crippen LogP contribution >= 0.6 is 0 Å². The molecule has 1 aliphatic rings. The van der Waals surface area contributed by atoms with E-state index in [9.17, 15) is 4.79 Å². The van der Waals surface area contributed by atoms with Crippen LogP contribution in [0.3, 0.4) is 0 Å². The number of rotatable bonds is 6. The standard InChI is InChI=1S/C14H17N3O3/c1-19-13-7-6-10(12(18)9-16-17-15)8-14(13)20-11-4-2-3-5-11/h6-8,11H,2-5,9H2,1H3. The number of Topliss-reactive ketones (excluding diaryl/α,β-unsaturated/α-hetero) is 1. The van der Waals surface area contributed by atoms with Crippen LogP contribution in [0.1, 0.15) is 36.0 Å². The molecule has 2 rings (SSSR count). The third kappa shape index (κ3) is 3.42. The van der Waals surface area contributed by atoms with Gasteiger partial charge in [0.25, 0.3) is 0 Å². The molecular formula is C14H17N3O3. The van der Waals surface area contributed by atoms with Gasteiger partial charge < -0.3 is 9.47 Å². The molecule has 0 heterocycles. The monoisotopic (exact) mass is 275 g/mol. The van der Waals surface area contributed by atoms with Crippen LogP contribution < -0.4 is 9.47 Å². The Labute approximate surface area is 117 Å². The zero-order valence-electron chi connectivity index (χ0n) is 11.4. The highest BCUT2D eigenvalue weighted by Gasteiger charge is 2.19. The molecule has 0 aromatic heterocycles. The van der Waals surface area contributed by atoms with Gasteiger partial charge in [-0.05, 0) is 49.4 Å². The summed E-state index contributed by atoms with van der Waals surface area (Å²) in [5, 5.41) is 3.28. The van der Waals surface area contributed by atoms with Crippen molar-refractivity contribution in [3.8, 4) is 11.5 Å². The maximum Gasteiger partial charge on any atom is 0.168 e. The Morgan fingerprint density at radius 2 is 2.15 bits per heavy atom. The Hall–Kier alpha value is -2.20. The van der Waals surface area contributed by atoms with Crippen molar-refractivity contribution in [2.45, 2.75) is 31.8 Å². The van der Waals surface area contributed by atoms with Crippen LogP contribution in [-0.2, 0) is 0 Å². The molecule has 1 aliphatic carbocycles. The van der Waals surface area contributed by atoms with Gasteiger partial charge in [-0.25, -0.2) is 0 Å². The number of carbonyl (C=O) groups is 1. The van der Waals surface area contributed by atoms with Gasteiger partial charge in [-0.1, -0.05) is 5.11 Å². The summed E-state index contributed by atoms with van der Waals surface area (Å²) < 4.78 is 11.2. The number of ether oxygens (including phenoxy) is 2. The van der Waals surface area contributed by atoms with E-state index in [4.69, 9.17) is 15.0 Å². The summed E-state index contributed by atoms with van der Waals surface area (Å²) in [6, 6.07) is 5.01. The predicted molar refractivity (Wildman–Crippen MR) is 74.2 cm³/mol. The minimum Gasteiger partial charge on any atom is -0.493 e. The molecule has 0 atom stereocenters. The lowest BCUT2D eigenvalue weighted by molar-refractivity contribution is 0.100. The van der Waals surface area contributed by atoms with E-state index in [2.05, 4.69) is 10.0 Å². The molecule has 1 fully saturated rings. The van der Waals surface area contributed by atoms with Crippen LogP contribution in [0.25, 0.3) is 10.4 Å². The molecule has 1 saturated carbocycles. The van der Waals surface area contributed by atoms with E-state index < -0.39 is 0 Å². The third-order valence-corrected chi connectivity index (χ3v) is 3.36. The van der Waals surface area contributed by atoms with Gasteiger partial charge in [0.05, 0.1) is 19.8 Å². The minimum absolute atomic E-state index is 0.186. The minimum atomic E-state index is -0.235. The van der Waals surface area contributed by atoms with Crippen molar-refractivity contribution >= 4 is 5.78 Å². The van der Waals surface area contributed by atoms with Gasteiger partial charge >= 0.3 is 0 Å². The van der Waals surface area contributed by atoms with Gasteiger partial charge in [-0.2, -0.15) is 0 Å². The number of hydrogen-bond acceptors (Lipinski definition) is 4. The highest BCUT2D eigenvalue weighted by molar-refractivity contribution is 5.98. The van der Waals surface area contributed by atoms with Crippen molar-refractivity contribution in [3.63, 3.8) is 0 Å². The molecule has 0 unspecified atom stereocenters. The lowest BCUT2D eigenvalue weighted by Crippen LogP contribution is -2.12. The second-order valence-corrected chi connectivity index (χ2v) is 4.70. The number of hydrogen-bond donors (Lipinski definition) is 0. The van der Waals surface area contributed by atoms with Gasteiger partial charge in [0, 0.05) is 10.5 Å². The zero-order valence-corrected chi connectivity index (χ0v) is 11.4. The third-order valence-electron chi connectivity index (χ3n) is 3.36. The molecule has 106 valence electrons. The molecule has 0 N–H and O–H groups in total. The van der Waals surface area contributed by atoms with Crippen LogP contribution in [-0.4, -0.2) is 25.5 Å². The maximum atomic E-state index is 11.8. The summed E-state index contributed by atoms with van der Waals surface area (Å²) in [5.41, 5.74) is 8.71. The van der Waals surface area contributed by atoms with E-state index in [1.807, 2.05) is 0 Å². The average Bonchev–Trinajstić information content (AvgIpc) is 2.97. The first kappa shape index (κ1) is 14.2. The number of nitrogens with zero attached hydrogens (tertiary/aromatic N) is 3. The van der Waals surface area contributed by atoms with Crippen molar-refractivity contribution in [1.29, 1.82) is 0 Å². The second-order valence-electron chi connectivity index (χ2n) is 4.70. The van der Waals surface area contributed by atoms with Gasteiger partial charge in [0.1, 0.15) is 0 Å². The Morgan fingerprint density at radius 1 is 1.40 bits per heavy atom. The number of ketones is 1. The molecule has 0 bridgehead atoms. The van der Waals surface area contributed by atoms with E-state index >= 15 is 0 Å². The van der Waals surface area contributed by atoms with Crippen LogP contribution in [0.15, 0.2) is 23.3 Å². The Bertz CT molecular complexity index is 532. The number of benzene rings is 1. The summed E-state index contributed by atoms with van der Waals surface area (Å²) >= 11 is 0. The Kier molecular flexibility index (Phi) is 4.85. The fourth-order valence-corrected chi connectivity index (χ4v) is 2.32. The van der Waals surface area contributed by atoms with Crippen LogP contribution in [0.2, 0.25) is 0 Å². The van der Waals surface area contributed by atoms with Crippen LogP contribution in [0, 0.1) is 0 Å². The van der Waals surface area contributed by atoms with Crippen molar-refractivity contribution in [3.05, 3.63) is 34.2 Å². The van der Waals surface area contributed by atoms with Crippen molar-refractivity contribution in [2.24, 2.45) is 5.11 Å². The normalized spacial score (nSPS) is 14.7. The first-order valence-electron chi connectivity index (χ1n) is 6.63. The largest absolute Gasteiger partial charge is 0.493 e. The quantitative estimate of drug-likeness (QED) is 0.344. The lowest BCUT2D eigenvalue weighted by Gasteiger charge is -2.16. The van der Waals surface area contributed by atoms with E-state index in [1.54, 1.807) is 25.3 Å². The SMILES string of the molecule is COc1ccc(C(=O)CN=[N+]=[N-])cc1OC1CCCC1. The van der Waals surface area contributed by atoms with Crippen LogP contribution in [0.4, 0.5) is 0 Å². The van der Waals surface area contributed by atoms with Crippen molar-refractivity contribution in [1.82, 2.24) is 0 Å². The second kappa shape index (κ2) is 6.82. The number of azide groups is 1. The van der Waals surface area contributed by atoms with Gasteiger partial charge in [-0.3, -0.25) is 4.79 Å². The predicted octanol–water partition coefficient (Wildman–Crippen LogP) is 3.51. The van der Waals surface area contributed by atoms with Gasteiger partial charge in [-0.15, -0.1) is 0 Å². The fraction of sp³-hybridized carbons (Fsp3) is 0.500. The Balaban J connectivity index is 2.18. The summed E-state index contributed by atoms with van der Waals surface area (Å²) in [5.74, 6) is 0.949. The average molecular weight is 275 g/mol.